The van der Waals surface area contributed by atoms with E-state index in [0.29, 0.717) is 0 Å². The molecular weight excluding hydrogens is 613 g/mol. The first-order chi connectivity index (χ1) is 24.3. The molecule has 0 aliphatic carbocycles. The van der Waals surface area contributed by atoms with Crippen LogP contribution in [0.15, 0.2) is 170 Å². The fourth-order valence-corrected chi connectivity index (χ4v) is 8.62. The van der Waals surface area contributed by atoms with Crippen molar-refractivity contribution in [2.45, 2.75) is 0 Å². The standard InChI is InChI=1S/C46H28N2S/c1-2-14-34(40-20-10-21-41-37-17-7-8-22-43(37)49-46(40)41)33(13-1)32-12-9-11-31(27-32)29-23-25-30(26-24-29)42-28-47-44-38-18-5-3-15-35(38)36-16-4-6-19-39(36)45(44)48-42/h1-28H. The molecule has 2 aromatic heterocycles. The molecule has 2 nitrogen and oxygen atoms in total. The minimum absolute atomic E-state index is 0.873. The molecular formula is C46H28N2S. The van der Waals surface area contributed by atoms with Crippen molar-refractivity contribution in [1.82, 2.24) is 9.97 Å². The molecule has 0 N–H and O–H groups in total. The summed E-state index contributed by atoms with van der Waals surface area (Å²) in [6.07, 6.45) is 1.91. The van der Waals surface area contributed by atoms with Crippen molar-refractivity contribution in [2.24, 2.45) is 0 Å². The van der Waals surface area contributed by atoms with Gasteiger partial charge in [-0.15, -0.1) is 11.3 Å². The van der Waals surface area contributed by atoms with Gasteiger partial charge in [-0.05, 0) is 50.7 Å². The summed E-state index contributed by atoms with van der Waals surface area (Å²) >= 11 is 1.88. The number of aromatic nitrogens is 2. The molecule has 3 heteroatoms. The lowest BCUT2D eigenvalue weighted by Crippen LogP contribution is -1.92. The van der Waals surface area contributed by atoms with Crippen molar-refractivity contribution in [3.63, 3.8) is 0 Å². The van der Waals surface area contributed by atoms with Crippen molar-refractivity contribution >= 4 is 64.1 Å². The number of thiophene rings is 1. The summed E-state index contributed by atoms with van der Waals surface area (Å²) in [6, 6.07) is 58.8. The Morgan fingerprint density at radius 1 is 0.367 bits per heavy atom. The average molecular weight is 641 g/mol. The largest absolute Gasteiger partial charge is 0.252 e. The van der Waals surface area contributed by atoms with Gasteiger partial charge in [0.05, 0.1) is 22.9 Å². The second kappa shape index (κ2) is 11.2. The van der Waals surface area contributed by atoms with Gasteiger partial charge in [0.1, 0.15) is 0 Å². The highest BCUT2D eigenvalue weighted by atomic mass is 32.1. The lowest BCUT2D eigenvalue weighted by atomic mass is 9.92. The molecule has 0 aliphatic heterocycles. The van der Waals surface area contributed by atoms with E-state index in [9.17, 15) is 0 Å². The molecule has 0 spiro atoms. The first kappa shape index (κ1) is 27.9. The monoisotopic (exact) mass is 640 g/mol. The van der Waals surface area contributed by atoms with Crippen LogP contribution >= 0.6 is 11.3 Å². The molecule has 0 saturated heterocycles. The van der Waals surface area contributed by atoms with Crippen LogP contribution in [0.3, 0.4) is 0 Å². The van der Waals surface area contributed by atoms with Gasteiger partial charge in [0.15, 0.2) is 0 Å². The van der Waals surface area contributed by atoms with Crippen LogP contribution in [-0.2, 0) is 0 Å². The van der Waals surface area contributed by atoms with E-state index in [-0.39, 0.29) is 0 Å². The predicted octanol–water partition coefficient (Wildman–Crippen LogP) is 13.0. The lowest BCUT2D eigenvalue weighted by Gasteiger charge is -2.13. The van der Waals surface area contributed by atoms with Crippen LogP contribution in [0, 0.1) is 0 Å². The van der Waals surface area contributed by atoms with Crippen molar-refractivity contribution in [1.29, 1.82) is 0 Å². The van der Waals surface area contributed by atoms with Gasteiger partial charge in [0.2, 0.25) is 0 Å². The molecule has 10 aromatic rings. The van der Waals surface area contributed by atoms with E-state index in [2.05, 4.69) is 164 Å². The Balaban J connectivity index is 1.03. The highest BCUT2D eigenvalue weighted by molar-refractivity contribution is 7.26. The second-order valence-electron chi connectivity index (χ2n) is 12.5. The Hall–Kier alpha value is -6.16. The fourth-order valence-electron chi connectivity index (χ4n) is 7.39. The highest BCUT2D eigenvalue weighted by Crippen LogP contribution is 2.43. The highest BCUT2D eigenvalue weighted by Gasteiger charge is 2.15. The summed E-state index contributed by atoms with van der Waals surface area (Å²) in [7, 11) is 0. The van der Waals surface area contributed by atoms with Gasteiger partial charge in [-0.1, -0.05) is 152 Å². The van der Waals surface area contributed by atoms with Crippen LogP contribution in [-0.4, -0.2) is 9.97 Å². The minimum atomic E-state index is 0.873. The van der Waals surface area contributed by atoms with Gasteiger partial charge in [0, 0.05) is 42.1 Å². The summed E-state index contributed by atoms with van der Waals surface area (Å²) < 4.78 is 2.66. The fraction of sp³-hybridized carbons (Fsp3) is 0. The first-order valence-corrected chi connectivity index (χ1v) is 17.4. The van der Waals surface area contributed by atoms with Gasteiger partial charge in [0.25, 0.3) is 0 Å². The summed E-state index contributed by atoms with van der Waals surface area (Å²) in [5.41, 5.74) is 11.1. The van der Waals surface area contributed by atoms with Gasteiger partial charge < -0.3 is 0 Å². The Kier molecular flexibility index (Phi) is 6.39. The molecule has 0 aliphatic rings. The molecule has 10 rings (SSSR count). The maximum absolute atomic E-state index is 5.19. The number of rotatable bonds is 4. The number of hydrogen-bond donors (Lipinski definition) is 0. The molecule has 8 aromatic carbocycles. The molecule has 0 fully saturated rings. The Labute approximate surface area is 287 Å². The van der Waals surface area contributed by atoms with Crippen LogP contribution in [0.25, 0.3) is 97.4 Å². The Morgan fingerprint density at radius 2 is 0.939 bits per heavy atom. The molecule has 0 unspecified atom stereocenters. The Morgan fingerprint density at radius 3 is 1.73 bits per heavy atom. The summed E-state index contributed by atoms with van der Waals surface area (Å²) in [5.74, 6) is 0. The topological polar surface area (TPSA) is 25.8 Å². The summed E-state index contributed by atoms with van der Waals surface area (Å²) in [5, 5.41) is 7.31. The zero-order valence-electron chi connectivity index (χ0n) is 26.5. The van der Waals surface area contributed by atoms with E-state index in [0.717, 1.165) is 33.1 Å². The minimum Gasteiger partial charge on any atom is -0.252 e. The van der Waals surface area contributed by atoms with E-state index < -0.39 is 0 Å². The average Bonchev–Trinajstić information content (AvgIpc) is 3.57. The normalized spacial score (nSPS) is 11.7. The lowest BCUT2D eigenvalue weighted by molar-refractivity contribution is 1.31. The molecule has 228 valence electrons. The van der Waals surface area contributed by atoms with Crippen molar-refractivity contribution in [3.8, 4) is 44.6 Å². The molecule has 0 amide bonds. The van der Waals surface area contributed by atoms with Gasteiger partial charge in [-0.25, -0.2) is 4.98 Å². The van der Waals surface area contributed by atoms with Gasteiger partial charge >= 0.3 is 0 Å². The van der Waals surface area contributed by atoms with E-state index >= 15 is 0 Å². The number of fused-ring (bicyclic) bond motifs is 9. The van der Waals surface area contributed by atoms with Crippen LogP contribution in [0.1, 0.15) is 0 Å². The van der Waals surface area contributed by atoms with E-state index in [1.54, 1.807) is 0 Å². The van der Waals surface area contributed by atoms with Crippen molar-refractivity contribution < 1.29 is 0 Å². The molecule has 0 saturated carbocycles. The zero-order valence-corrected chi connectivity index (χ0v) is 27.3. The first-order valence-electron chi connectivity index (χ1n) is 16.6. The van der Waals surface area contributed by atoms with Crippen LogP contribution in [0.4, 0.5) is 0 Å². The smallest absolute Gasteiger partial charge is 0.0979 e. The van der Waals surface area contributed by atoms with Crippen LogP contribution in [0.5, 0.6) is 0 Å². The third kappa shape index (κ3) is 4.55. The van der Waals surface area contributed by atoms with Crippen LogP contribution < -0.4 is 0 Å². The van der Waals surface area contributed by atoms with Gasteiger partial charge in [-0.2, -0.15) is 0 Å². The van der Waals surface area contributed by atoms with E-state index in [1.807, 2.05) is 17.5 Å². The van der Waals surface area contributed by atoms with Gasteiger partial charge in [-0.3, -0.25) is 4.98 Å². The number of hydrogen-bond acceptors (Lipinski definition) is 3. The zero-order chi connectivity index (χ0) is 32.3. The third-order valence-electron chi connectivity index (χ3n) is 9.74. The maximum atomic E-state index is 5.19. The Bertz CT molecular complexity index is 2850. The van der Waals surface area contributed by atoms with E-state index in [4.69, 9.17) is 9.97 Å². The van der Waals surface area contributed by atoms with Crippen molar-refractivity contribution in [2.75, 3.05) is 0 Å². The SMILES string of the molecule is c1cc(-c2ccc(-c3cnc4c5ccccc5c5ccccc5c4n3)cc2)cc(-c2ccccc2-c2cccc3c2sc2ccccc23)c1. The summed E-state index contributed by atoms with van der Waals surface area (Å²) in [6.45, 7) is 0. The molecule has 0 atom stereocenters. The molecule has 0 radical (unpaired) electrons. The number of benzene rings is 8. The summed E-state index contributed by atoms with van der Waals surface area (Å²) in [4.78, 5) is 10.2. The van der Waals surface area contributed by atoms with E-state index in [1.165, 1.54) is 64.3 Å². The van der Waals surface area contributed by atoms with Crippen molar-refractivity contribution in [3.05, 3.63) is 170 Å². The molecule has 49 heavy (non-hydrogen) atoms. The number of nitrogens with zero attached hydrogens (tertiary/aromatic N) is 2. The molecule has 0 bridgehead atoms. The quantitative estimate of drug-likeness (QED) is 0.179. The van der Waals surface area contributed by atoms with Crippen LogP contribution in [0.2, 0.25) is 0 Å². The molecule has 2 heterocycles. The maximum Gasteiger partial charge on any atom is 0.0979 e. The predicted molar refractivity (Wildman–Crippen MR) is 209 cm³/mol. The second-order valence-corrected chi connectivity index (χ2v) is 13.6. The third-order valence-corrected chi connectivity index (χ3v) is 11.0.